The minimum atomic E-state index is 0.104. The summed E-state index contributed by atoms with van der Waals surface area (Å²) in [6, 6.07) is 5.80. The van der Waals surface area contributed by atoms with Crippen molar-refractivity contribution in [1.82, 2.24) is 4.90 Å². The minimum absolute atomic E-state index is 0.104. The summed E-state index contributed by atoms with van der Waals surface area (Å²) >= 11 is 0. The summed E-state index contributed by atoms with van der Waals surface area (Å²) in [5.74, 6) is 1.53. The van der Waals surface area contributed by atoms with Gasteiger partial charge in [0.15, 0.2) is 11.5 Å². The number of piperidine rings is 1. The van der Waals surface area contributed by atoms with Gasteiger partial charge in [0.25, 0.3) is 0 Å². The SMILES string of the molecule is COc1ccc(CCOCC(=O)N2CCCCC2)cc1OC. The molecule has 0 radical (unpaired) electrons. The summed E-state index contributed by atoms with van der Waals surface area (Å²) in [6.07, 6.45) is 4.19. The van der Waals surface area contributed by atoms with E-state index in [9.17, 15) is 4.79 Å². The molecule has 0 atom stereocenters. The molecule has 1 amide bonds. The molecule has 1 aromatic rings. The van der Waals surface area contributed by atoms with Gasteiger partial charge in [-0.2, -0.15) is 0 Å². The zero-order chi connectivity index (χ0) is 15.8. The Kier molecular flexibility index (Phi) is 6.52. The highest BCUT2D eigenvalue weighted by Crippen LogP contribution is 2.27. The van der Waals surface area contributed by atoms with E-state index < -0.39 is 0 Å². The van der Waals surface area contributed by atoms with Crippen LogP contribution in [-0.4, -0.2) is 51.3 Å². The Morgan fingerprint density at radius 2 is 1.82 bits per heavy atom. The molecule has 22 heavy (non-hydrogen) atoms. The van der Waals surface area contributed by atoms with Gasteiger partial charge in [0.1, 0.15) is 6.61 Å². The van der Waals surface area contributed by atoms with Crippen molar-refractivity contribution in [2.24, 2.45) is 0 Å². The molecule has 0 aliphatic carbocycles. The molecule has 0 unspecified atom stereocenters. The Labute approximate surface area is 132 Å². The van der Waals surface area contributed by atoms with E-state index in [1.54, 1.807) is 14.2 Å². The van der Waals surface area contributed by atoms with Crippen molar-refractivity contribution in [2.75, 3.05) is 40.5 Å². The maximum Gasteiger partial charge on any atom is 0.248 e. The van der Waals surface area contributed by atoms with Gasteiger partial charge in [-0.1, -0.05) is 6.07 Å². The summed E-state index contributed by atoms with van der Waals surface area (Å²) in [6.45, 7) is 2.44. The van der Waals surface area contributed by atoms with E-state index in [0.29, 0.717) is 18.1 Å². The molecule has 122 valence electrons. The third-order valence-electron chi connectivity index (χ3n) is 3.92. The van der Waals surface area contributed by atoms with Crippen molar-refractivity contribution in [3.05, 3.63) is 23.8 Å². The Morgan fingerprint density at radius 1 is 1.09 bits per heavy atom. The number of carbonyl (C=O) groups excluding carboxylic acids is 1. The second kappa shape index (κ2) is 8.63. The van der Waals surface area contributed by atoms with E-state index in [1.807, 2.05) is 23.1 Å². The van der Waals surface area contributed by atoms with Crippen LogP contribution in [-0.2, 0) is 16.0 Å². The normalized spacial score (nSPS) is 14.7. The smallest absolute Gasteiger partial charge is 0.248 e. The second-order valence-electron chi connectivity index (χ2n) is 5.43. The maximum absolute atomic E-state index is 12.0. The van der Waals surface area contributed by atoms with Crippen molar-refractivity contribution in [3.63, 3.8) is 0 Å². The van der Waals surface area contributed by atoms with Crippen LogP contribution in [0.4, 0.5) is 0 Å². The molecule has 0 aromatic heterocycles. The molecule has 1 saturated heterocycles. The molecule has 1 heterocycles. The number of likely N-dealkylation sites (tertiary alicyclic amines) is 1. The Hall–Kier alpha value is -1.75. The molecular formula is C17H25NO4. The largest absolute Gasteiger partial charge is 0.493 e. The summed E-state index contributed by atoms with van der Waals surface area (Å²) in [5.41, 5.74) is 1.10. The lowest BCUT2D eigenvalue weighted by Gasteiger charge is -2.26. The van der Waals surface area contributed by atoms with E-state index in [0.717, 1.165) is 37.9 Å². The van der Waals surface area contributed by atoms with Crippen molar-refractivity contribution in [2.45, 2.75) is 25.7 Å². The van der Waals surface area contributed by atoms with Crippen molar-refractivity contribution in [3.8, 4) is 11.5 Å². The molecule has 0 N–H and O–H groups in total. The standard InChI is InChI=1S/C17H25NO4/c1-20-15-7-6-14(12-16(15)21-2)8-11-22-13-17(19)18-9-4-3-5-10-18/h6-7,12H,3-5,8-11,13H2,1-2H3. The topological polar surface area (TPSA) is 48.0 Å². The van der Waals surface area contributed by atoms with Gasteiger partial charge < -0.3 is 19.1 Å². The first-order valence-electron chi connectivity index (χ1n) is 7.81. The summed E-state index contributed by atoms with van der Waals surface area (Å²) < 4.78 is 16.0. The molecule has 1 aromatic carbocycles. The molecule has 0 saturated carbocycles. The summed E-state index contributed by atoms with van der Waals surface area (Å²) in [5, 5.41) is 0. The number of ether oxygens (including phenoxy) is 3. The maximum atomic E-state index is 12.0. The van der Waals surface area contributed by atoms with E-state index in [4.69, 9.17) is 14.2 Å². The Morgan fingerprint density at radius 3 is 2.50 bits per heavy atom. The molecular weight excluding hydrogens is 282 g/mol. The fourth-order valence-corrected chi connectivity index (χ4v) is 2.62. The van der Waals surface area contributed by atoms with Gasteiger partial charge in [-0.25, -0.2) is 0 Å². The van der Waals surface area contributed by atoms with Gasteiger partial charge in [-0.05, 0) is 43.4 Å². The van der Waals surface area contributed by atoms with Crippen LogP contribution in [0, 0.1) is 0 Å². The van der Waals surface area contributed by atoms with Crippen LogP contribution in [0.2, 0.25) is 0 Å². The van der Waals surface area contributed by atoms with Crippen LogP contribution in [0.1, 0.15) is 24.8 Å². The van der Waals surface area contributed by atoms with Gasteiger partial charge in [0.2, 0.25) is 5.91 Å². The van der Waals surface area contributed by atoms with Crippen molar-refractivity contribution >= 4 is 5.91 Å². The first-order chi connectivity index (χ1) is 10.7. The molecule has 2 rings (SSSR count). The zero-order valence-electron chi connectivity index (χ0n) is 13.5. The van der Waals surface area contributed by atoms with Gasteiger partial charge in [0.05, 0.1) is 20.8 Å². The van der Waals surface area contributed by atoms with Gasteiger partial charge in [-0.3, -0.25) is 4.79 Å². The summed E-state index contributed by atoms with van der Waals surface area (Å²) in [7, 11) is 3.24. The van der Waals surface area contributed by atoms with Gasteiger partial charge >= 0.3 is 0 Å². The number of rotatable bonds is 7. The number of nitrogens with zero attached hydrogens (tertiary/aromatic N) is 1. The van der Waals surface area contributed by atoms with Gasteiger partial charge in [0, 0.05) is 13.1 Å². The average Bonchev–Trinajstić information content (AvgIpc) is 2.59. The number of carbonyl (C=O) groups is 1. The predicted octanol–water partition coefficient (Wildman–Crippen LogP) is 2.28. The van der Waals surface area contributed by atoms with Crippen LogP contribution in [0.25, 0.3) is 0 Å². The Balaban J connectivity index is 1.73. The number of hydrogen-bond donors (Lipinski definition) is 0. The average molecular weight is 307 g/mol. The predicted molar refractivity (Wildman–Crippen MR) is 84.5 cm³/mol. The van der Waals surface area contributed by atoms with E-state index >= 15 is 0 Å². The third-order valence-corrected chi connectivity index (χ3v) is 3.92. The fraction of sp³-hybridized carbons (Fsp3) is 0.588. The van der Waals surface area contributed by atoms with Crippen molar-refractivity contribution in [1.29, 1.82) is 0 Å². The number of methoxy groups -OCH3 is 2. The first-order valence-corrected chi connectivity index (χ1v) is 7.81. The highest BCUT2D eigenvalue weighted by atomic mass is 16.5. The van der Waals surface area contributed by atoms with Crippen molar-refractivity contribution < 1.29 is 19.0 Å². The molecule has 5 nitrogen and oxygen atoms in total. The lowest BCUT2D eigenvalue weighted by atomic mass is 10.1. The highest BCUT2D eigenvalue weighted by Gasteiger charge is 2.16. The number of hydrogen-bond acceptors (Lipinski definition) is 4. The molecule has 0 bridgehead atoms. The molecule has 0 spiro atoms. The monoisotopic (exact) mass is 307 g/mol. The lowest BCUT2D eigenvalue weighted by molar-refractivity contribution is -0.137. The molecule has 1 aliphatic heterocycles. The zero-order valence-corrected chi connectivity index (χ0v) is 13.5. The minimum Gasteiger partial charge on any atom is -0.493 e. The van der Waals surface area contributed by atoms with E-state index in [1.165, 1.54) is 6.42 Å². The van der Waals surface area contributed by atoms with Crippen LogP contribution in [0.3, 0.4) is 0 Å². The number of benzene rings is 1. The van der Waals surface area contributed by atoms with Crippen LogP contribution < -0.4 is 9.47 Å². The molecule has 1 aliphatic rings. The fourth-order valence-electron chi connectivity index (χ4n) is 2.62. The van der Waals surface area contributed by atoms with E-state index in [-0.39, 0.29) is 12.5 Å². The Bertz CT molecular complexity index is 484. The lowest BCUT2D eigenvalue weighted by Crippen LogP contribution is -2.38. The van der Waals surface area contributed by atoms with Crippen LogP contribution in [0.5, 0.6) is 11.5 Å². The highest BCUT2D eigenvalue weighted by molar-refractivity contribution is 5.77. The van der Waals surface area contributed by atoms with Crippen LogP contribution >= 0.6 is 0 Å². The number of amides is 1. The second-order valence-corrected chi connectivity index (χ2v) is 5.43. The molecule has 5 heteroatoms. The van der Waals surface area contributed by atoms with Crippen LogP contribution in [0.15, 0.2) is 18.2 Å². The van der Waals surface area contributed by atoms with E-state index in [2.05, 4.69) is 0 Å². The quantitative estimate of drug-likeness (QED) is 0.725. The summed E-state index contributed by atoms with van der Waals surface area (Å²) in [4.78, 5) is 13.9. The first kappa shape index (κ1) is 16.6. The third kappa shape index (κ3) is 4.63. The van der Waals surface area contributed by atoms with Gasteiger partial charge in [-0.15, -0.1) is 0 Å². The molecule has 1 fully saturated rings.